The van der Waals surface area contributed by atoms with Gasteiger partial charge in [0.15, 0.2) is 0 Å². The van der Waals surface area contributed by atoms with Crippen LogP contribution in [-0.2, 0) is 11.3 Å². The Balaban J connectivity index is 2.02. The molecule has 2 amide bonds. The Morgan fingerprint density at radius 3 is 2.48 bits per heavy atom. The van der Waals surface area contributed by atoms with Gasteiger partial charge < -0.3 is 15.1 Å². The molecular formula is C18H22N2O3. The summed E-state index contributed by atoms with van der Waals surface area (Å²) in [5.74, 6) is 0.180. The first kappa shape index (κ1) is 16.8. The Morgan fingerprint density at radius 1 is 1.13 bits per heavy atom. The molecule has 5 nitrogen and oxygen atoms in total. The Hall–Kier alpha value is -2.56. The molecule has 1 heterocycles. The Bertz CT molecular complexity index is 663. The van der Waals surface area contributed by atoms with E-state index in [0.717, 1.165) is 5.56 Å². The van der Waals surface area contributed by atoms with Crippen molar-refractivity contribution in [3.63, 3.8) is 0 Å². The van der Waals surface area contributed by atoms with Gasteiger partial charge in [0.05, 0.1) is 12.8 Å². The van der Waals surface area contributed by atoms with E-state index in [4.69, 9.17) is 4.42 Å². The molecular weight excluding hydrogens is 292 g/mol. The van der Waals surface area contributed by atoms with Crippen LogP contribution < -0.4 is 10.6 Å². The fourth-order valence-electron chi connectivity index (χ4n) is 2.28. The quantitative estimate of drug-likeness (QED) is 0.861. The predicted molar refractivity (Wildman–Crippen MR) is 87.8 cm³/mol. The number of rotatable bonds is 6. The molecule has 5 heteroatoms. The molecule has 2 aromatic rings. The van der Waals surface area contributed by atoms with Crippen LogP contribution in [-0.4, -0.2) is 17.9 Å². The standard InChI is InChI=1S/C18H22N2O3/c1-12(2)16(18(22)19-11-14-8-6-10-23-14)20-17(21)15-9-5-4-7-13(15)3/h4-10,12,16H,11H2,1-3H3,(H,19,22)(H,20,21). The molecule has 122 valence electrons. The monoisotopic (exact) mass is 314 g/mol. The fourth-order valence-corrected chi connectivity index (χ4v) is 2.28. The fraction of sp³-hybridized carbons (Fsp3) is 0.333. The first-order valence-corrected chi connectivity index (χ1v) is 7.65. The number of carbonyl (C=O) groups excluding carboxylic acids is 2. The highest BCUT2D eigenvalue weighted by atomic mass is 16.3. The molecule has 0 bridgehead atoms. The second-order valence-electron chi connectivity index (χ2n) is 5.81. The SMILES string of the molecule is Cc1ccccc1C(=O)NC(C(=O)NCc1ccco1)C(C)C. The molecule has 2 rings (SSSR count). The van der Waals surface area contributed by atoms with Crippen LogP contribution in [0.1, 0.15) is 35.5 Å². The first-order chi connectivity index (χ1) is 11.0. The van der Waals surface area contributed by atoms with Crippen molar-refractivity contribution in [2.75, 3.05) is 0 Å². The van der Waals surface area contributed by atoms with Crippen molar-refractivity contribution in [1.29, 1.82) is 0 Å². The second kappa shape index (κ2) is 7.63. The van der Waals surface area contributed by atoms with Crippen molar-refractivity contribution >= 4 is 11.8 Å². The van der Waals surface area contributed by atoms with Crippen LogP contribution in [0.3, 0.4) is 0 Å². The van der Waals surface area contributed by atoms with E-state index < -0.39 is 6.04 Å². The van der Waals surface area contributed by atoms with Gasteiger partial charge in [0, 0.05) is 5.56 Å². The van der Waals surface area contributed by atoms with Gasteiger partial charge in [0.1, 0.15) is 11.8 Å². The van der Waals surface area contributed by atoms with Crippen molar-refractivity contribution < 1.29 is 14.0 Å². The molecule has 1 aromatic carbocycles. The highest BCUT2D eigenvalue weighted by Gasteiger charge is 2.25. The van der Waals surface area contributed by atoms with E-state index in [1.165, 1.54) is 0 Å². The Labute approximate surface area is 136 Å². The zero-order valence-electron chi connectivity index (χ0n) is 13.6. The minimum atomic E-state index is -0.600. The summed E-state index contributed by atoms with van der Waals surface area (Å²) in [5.41, 5.74) is 1.46. The van der Waals surface area contributed by atoms with Gasteiger partial charge in [0.2, 0.25) is 5.91 Å². The lowest BCUT2D eigenvalue weighted by Gasteiger charge is -2.22. The highest BCUT2D eigenvalue weighted by molar-refractivity contribution is 5.98. The number of aryl methyl sites for hydroxylation is 1. The normalized spacial score (nSPS) is 12.0. The summed E-state index contributed by atoms with van der Waals surface area (Å²) in [5, 5.41) is 5.61. The molecule has 1 atom stereocenters. The molecule has 0 aliphatic heterocycles. The van der Waals surface area contributed by atoms with Crippen molar-refractivity contribution in [2.45, 2.75) is 33.4 Å². The summed E-state index contributed by atoms with van der Waals surface area (Å²) in [7, 11) is 0. The first-order valence-electron chi connectivity index (χ1n) is 7.65. The zero-order chi connectivity index (χ0) is 16.8. The number of amides is 2. The topological polar surface area (TPSA) is 71.3 Å². The van der Waals surface area contributed by atoms with E-state index >= 15 is 0 Å². The minimum absolute atomic E-state index is 0.0282. The van der Waals surface area contributed by atoms with Crippen molar-refractivity contribution in [2.24, 2.45) is 5.92 Å². The average Bonchev–Trinajstić information content (AvgIpc) is 3.03. The van der Waals surface area contributed by atoms with Gasteiger partial charge in [-0.2, -0.15) is 0 Å². The van der Waals surface area contributed by atoms with E-state index in [1.54, 1.807) is 24.5 Å². The van der Waals surface area contributed by atoms with Crippen LogP contribution in [0.25, 0.3) is 0 Å². The number of benzene rings is 1. The number of nitrogens with one attached hydrogen (secondary N) is 2. The second-order valence-corrected chi connectivity index (χ2v) is 5.81. The van der Waals surface area contributed by atoms with Gasteiger partial charge in [-0.3, -0.25) is 9.59 Å². The third-order valence-corrected chi connectivity index (χ3v) is 3.64. The van der Waals surface area contributed by atoms with Gasteiger partial charge in [-0.15, -0.1) is 0 Å². The molecule has 0 aliphatic rings. The maximum Gasteiger partial charge on any atom is 0.252 e. The smallest absolute Gasteiger partial charge is 0.252 e. The molecule has 0 saturated heterocycles. The van der Waals surface area contributed by atoms with Crippen LogP contribution in [0.15, 0.2) is 47.1 Å². The molecule has 1 aromatic heterocycles. The van der Waals surface area contributed by atoms with E-state index in [9.17, 15) is 9.59 Å². The summed E-state index contributed by atoms with van der Waals surface area (Å²) >= 11 is 0. The summed E-state index contributed by atoms with van der Waals surface area (Å²) in [6.07, 6.45) is 1.56. The summed E-state index contributed by atoms with van der Waals surface area (Å²) in [6, 6.07) is 10.3. The number of carbonyl (C=O) groups is 2. The van der Waals surface area contributed by atoms with Crippen molar-refractivity contribution in [3.05, 3.63) is 59.5 Å². The van der Waals surface area contributed by atoms with Gasteiger partial charge in [-0.1, -0.05) is 32.0 Å². The predicted octanol–water partition coefficient (Wildman–Crippen LogP) is 2.66. The minimum Gasteiger partial charge on any atom is -0.467 e. The molecule has 23 heavy (non-hydrogen) atoms. The Morgan fingerprint density at radius 2 is 1.87 bits per heavy atom. The van der Waals surface area contributed by atoms with Gasteiger partial charge in [-0.25, -0.2) is 0 Å². The average molecular weight is 314 g/mol. The van der Waals surface area contributed by atoms with Crippen molar-refractivity contribution in [3.8, 4) is 0 Å². The summed E-state index contributed by atoms with van der Waals surface area (Å²) < 4.78 is 5.19. The summed E-state index contributed by atoms with van der Waals surface area (Å²) in [4.78, 5) is 24.8. The third-order valence-electron chi connectivity index (χ3n) is 3.64. The lowest BCUT2D eigenvalue weighted by Crippen LogP contribution is -2.49. The van der Waals surface area contributed by atoms with Crippen LogP contribution in [0.5, 0.6) is 0 Å². The largest absolute Gasteiger partial charge is 0.467 e. The van der Waals surface area contributed by atoms with Gasteiger partial charge in [0.25, 0.3) is 5.91 Å². The highest BCUT2D eigenvalue weighted by Crippen LogP contribution is 2.09. The number of hydrogen-bond donors (Lipinski definition) is 2. The molecule has 0 spiro atoms. The zero-order valence-corrected chi connectivity index (χ0v) is 13.6. The lowest BCUT2D eigenvalue weighted by atomic mass is 10.0. The van der Waals surface area contributed by atoms with Crippen LogP contribution >= 0.6 is 0 Å². The third kappa shape index (κ3) is 4.45. The number of hydrogen-bond acceptors (Lipinski definition) is 3. The van der Waals surface area contributed by atoms with Crippen molar-refractivity contribution in [1.82, 2.24) is 10.6 Å². The summed E-state index contributed by atoms with van der Waals surface area (Å²) in [6.45, 7) is 5.97. The Kier molecular flexibility index (Phi) is 5.57. The van der Waals surface area contributed by atoms with Gasteiger partial charge in [-0.05, 0) is 36.6 Å². The lowest BCUT2D eigenvalue weighted by molar-refractivity contribution is -0.124. The van der Waals surface area contributed by atoms with Crippen LogP contribution in [0, 0.1) is 12.8 Å². The van der Waals surface area contributed by atoms with Crippen LogP contribution in [0.2, 0.25) is 0 Å². The van der Waals surface area contributed by atoms with E-state index in [-0.39, 0.29) is 17.7 Å². The maximum absolute atomic E-state index is 12.4. The number of furan rings is 1. The molecule has 0 saturated carbocycles. The van der Waals surface area contributed by atoms with E-state index in [0.29, 0.717) is 17.9 Å². The van der Waals surface area contributed by atoms with E-state index in [1.807, 2.05) is 39.0 Å². The van der Waals surface area contributed by atoms with Crippen LogP contribution in [0.4, 0.5) is 0 Å². The molecule has 0 aliphatic carbocycles. The molecule has 0 fully saturated rings. The van der Waals surface area contributed by atoms with E-state index in [2.05, 4.69) is 10.6 Å². The molecule has 0 radical (unpaired) electrons. The maximum atomic E-state index is 12.4. The molecule has 1 unspecified atom stereocenters. The van der Waals surface area contributed by atoms with Gasteiger partial charge >= 0.3 is 0 Å². The molecule has 2 N–H and O–H groups in total.